The Kier molecular flexibility index (Phi) is 6.50. The van der Waals surface area contributed by atoms with Gasteiger partial charge in [-0.2, -0.15) is 0 Å². The fraction of sp³-hybridized carbons (Fsp3) is 0.643. The summed E-state index contributed by atoms with van der Waals surface area (Å²) < 4.78 is 0. The molecule has 0 saturated heterocycles. The van der Waals surface area contributed by atoms with Gasteiger partial charge < -0.3 is 15.5 Å². The Morgan fingerprint density at radius 3 is 2.39 bits per heavy atom. The highest BCUT2D eigenvalue weighted by molar-refractivity contribution is 5.65. The number of rotatable bonds is 8. The van der Waals surface area contributed by atoms with Crippen LogP contribution in [0.4, 0.5) is 11.4 Å². The molecular weight excluding hydrogens is 224 g/mol. The summed E-state index contributed by atoms with van der Waals surface area (Å²) in [6, 6.07) is 2.00. The minimum atomic E-state index is 0.766. The van der Waals surface area contributed by atoms with E-state index in [-0.39, 0.29) is 0 Å². The van der Waals surface area contributed by atoms with Crippen molar-refractivity contribution in [3.05, 3.63) is 18.5 Å². The van der Waals surface area contributed by atoms with Gasteiger partial charge in [-0.15, -0.1) is 0 Å². The van der Waals surface area contributed by atoms with Crippen molar-refractivity contribution in [3.8, 4) is 0 Å². The summed E-state index contributed by atoms with van der Waals surface area (Å²) in [6.45, 7) is 12.0. The van der Waals surface area contributed by atoms with Crippen LogP contribution in [0.25, 0.3) is 0 Å². The number of hydrogen-bond donors (Lipinski definition) is 1. The topological polar surface area (TPSA) is 45.4 Å². The van der Waals surface area contributed by atoms with Crippen molar-refractivity contribution in [1.29, 1.82) is 0 Å². The summed E-state index contributed by atoms with van der Waals surface area (Å²) >= 11 is 0. The molecule has 0 aliphatic carbocycles. The van der Waals surface area contributed by atoms with E-state index in [4.69, 9.17) is 5.73 Å². The molecular formula is C14H26N4. The van der Waals surface area contributed by atoms with Gasteiger partial charge in [0, 0.05) is 19.3 Å². The highest BCUT2D eigenvalue weighted by Crippen LogP contribution is 2.21. The van der Waals surface area contributed by atoms with Gasteiger partial charge in [0.25, 0.3) is 0 Å². The second-order valence-electron chi connectivity index (χ2n) is 4.39. The largest absolute Gasteiger partial charge is 0.396 e. The van der Waals surface area contributed by atoms with E-state index in [2.05, 4.69) is 35.6 Å². The van der Waals surface area contributed by atoms with E-state index in [1.54, 1.807) is 12.4 Å². The van der Waals surface area contributed by atoms with E-state index in [0.717, 1.165) is 50.5 Å². The van der Waals surface area contributed by atoms with Gasteiger partial charge in [-0.3, -0.25) is 4.98 Å². The van der Waals surface area contributed by atoms with Crippen molar-refractivity contribution in [1.82, 2.24) is 9.88 Å². The second-order valence-corrected chi connectivity index (χ2v) is 4.39. The van der Waals surface area contributed by atoms with Gasteiger partial charge in [0.05, 0.1) is 17.6 Å². The quantitative estimate of drug-likeness (QED) is 0.768. The lowest BCUT2D eigenvalue weighted by Gasteiger charge is -2.26. The fourth-order valence-corrected chi connectivity index (χ4v) is 2.16. The van der Waals surface area contributed by atoms with Gasteiger partial charge >= 0.3 is 0 Å². The molecule has 18 heavy (non-hydrogen) atoms. The smallest absolute Gasteiger partial charge is 0.0738 e. The van der Waals surface area contributed by atoms with Crippen LogP contribution < -0.4 is 10.6 Å². The van der Waals surface area contributed by atoms with Crippen molar-refractivity contribution in [2.75, 3.05) is 43.4 Å². The maximum Gasteiger partial charge on any atom is 0.0738 e. The van der Waals surface area contributed by atoms with Gasteiger partial charge in [-0.05, 0) is 39.0 Å². The normalized spacial score (nSPS) is 10.9. The van der Waals surface area contributed by atoms with Gasteiger partial charge in [-0.25, -0.2) is 0 Å². The molecule has 102 valence electrons. The molecule has 0 radical (unpaired) electrons. The number of aromatic nitrogens is 1. The molecule has 0 amide bonds. The Hall–Kier alpha value is -1.29. The number of nitrogens with two attached hydrogens (primary N) is 1. The molecule has 0 fully saturated rings. The van der Waals surface area contributed by atoms with Crippen molar-refractivity contribution >= 4 is 11.4 Å². The number of nitrogens with zero attached hydrogens (tertiary/aromatic N) is 3. The standard InChI is InChI=1S/C14H26N4/c1-4-17(5-2)10-7-11-18(6-3)14-8-9-16-12-13(14)15/h8-9,12H,4-7,10-11,15H2,1-3H3. The predicted octanol–water partition coefficient (Wildman–Crippen LogP) is 2.22. The molecule has 2 N–H and O–H groups in total. The zero-order valence-corrected chi connectivity index (χ0v) is 11.9. The molecule has 0 atom stereocenters. The lowest BCUT2D eigenvalue weighted by atomic mass is 10.2. The number of anilines is 2. The molecule has 0 aliphatic heterocycles. The SMILES string of the molecule is CCN(CC)CCCN(CC)c1ccncc1N. The Bertz CT molecular complexity index is 336. The Balaban J connectivity index is 2.50. The highest BCUT2D eigenvalue weighted by Gasteiger charge is 2.08. The van der Waals surface area contributed by atoms with E-state index in [0.29, 0.717) is 0 Å². The minimum absolute atomic E-state index is 0.766. The van der Waals surface area contributed by atoms with Gasteiger partial charge in [0.15, 0.2) is 0 Å². The molecule has 0 saturated carbocycles. The molecule has 4 heteroatoms. The van der Waals surface area contributed by atoms with E-state index >= 15 is 0 Å². The summed E-state index contributed by atoms with van der Waals surface area (Å²) in [5.74, 6) is 0. The molecule has 1 aromatic rings. The second kappa shape index (κ2) is 7.93. The molecule has 1 rings (SSSR count). The fourth-order valence-electron chi connectivity index (χ4n) is 2.16. The van der Waals surface area contributed by atoms with Crippen LogP contribution in [0.2, 0.25) is 0 Å². The average Bonchev–Trinajstić information content (AvgIpc) is 2.40. The monoisotopic (exact) mass is 250 g/mol. The summed E-state index contributed by atoms with van der Waals surface area (Å²) in [5.41, 5.74) is 7.84. The molecule has 0 aliphatic rings. The minimum Gasteiger partial charge on any atom is -0.396 e. The van der Waals surface area contributed by atoms with Gasteiger partial charge in [0.2, 0.25) is 0 Å². The van der Waals surface area contributed by atoms with Crippen LogP contribution in [-0.4, -0.2) is 42.6 Å². The Morgan fingerprint density at radius 1 is 1.11 bits per heavy atom. The van der Waals surface area contributed by atoms with Crippen LogP contribution in [0.15, 0.2) is 18.5 Å². The summed E-state index contributed by atoms with van der Waals surface area (Å²) in [7, 11) is 0. The van der Waals surface area contributed by atoms with Crippen LogP contribution in [0.1, 0.15) is 27.2 Å². The maximum absolute atomic E-state index is 5.97. The van der Waals surface area contributed by atoms with E-state index in [1.807, 2.05) is 6.07 Å². The van der Waals surface area contributed by atoms with Crippen LogP contribution in [0.3, 0.4) is 0 Å². The lowest BCUT2D eigenvalue weighted by Crippen LogP contribution is -2.30. The average molecular weight is 250 g/mol. The zero-order valence-electron chi connectivity index (χ0n) is 11.9. The van der Waals surface area contributed by atoms with Crippen molar-refractivity contribution in [2.45, 2.75) is 27.2 Å². The number of hydrogen-bond acceptors (Lipinski definition) is 4. The van der Waals surface area contributed by atoms with Crippen LogP contribution >= 0.6 is 0 Å². The Labute approximate surface area is 111 Å². The van der Waals surface area contributed by atoms with Crippen LogP contribution in [0.5, 0.6) is 0 Å². The molecule has 0 unspecified atom stereocenters. The summed E-state index contributed by atoms with van der Waals surface area (Å²) in [5, 5.41) is 0. The van der Waals surface area contributed by atoms with Gasteiger partial charge in [0.1, 0.15) is 0 Å². The molecule has 1 aromatic heterocycles. The lowest BCUT2D eigenvalue weighted by molar-refractivity contribution is 0.301. The van der Waals surface area contributed by atoms with Crippen molar-refractivity contribution in [3.63, 3.8) is 0 Å². The third-order valence-electron chi connectivity index (χ3n) is 3.35. The molecule has 0 aromatic carbocycles. The first kappa shape index (κ1) is 14.8. The summed E-state index contributed by atoms with van der Waals surface area (Å²) in [6.07, 6.45) is 4.69. The highest BCUT2D eigenvalue weighted by atomic mass is 15.1. The predicted molar refractivity (Wildman–Crippen MR) is 78.9 cm³/mol. The third-order valence-corrected chi connectivity index (χ3v) is 3.35. The van der Waals surface area contributed by atoms with E-state index in [9.17, 15) is 0 Å². The number of pyridine rings is 1. The van der Waals surface area contributed by atoms with E-state index < -0.39 is 0 Å². The zero-order chi connectivity index (χ0) is 13.4. The van der Waals surface area contributed by atoms with Crippen molar-refractivity contribution < 1.29 is 0 Å². The van der Waals surface area contributed by atoms with E-state index in [1.165, 1.54) is 0 Å². The first-order chi connectivity index (χ1) is 8.72. The Morgan fingerprint density at radius 2 is 1.83 bits per heavy atom. The molecule has 0 bridgehead atoms. The molecule has 0 spiro atoms. The summed E-state index contributed by atoms with van der Waals surface area (Å²) in [4.78, 5) is 8.80. The van der Waals surface area contributed by atoms with Crippen LogP contribution in [0, 0.1) is 0 Å². The van der Waals surface area contributed by atoms with Crippen molar-refractivity contribution in [2.24, 2.45) is 0 Å². The van der Waals surface area contributed by atoms with Gasteiger partial charge in [-0.1, -0.05) is 13.8 Å². The molecule has 4 nitrogen and oxygen atoms in total. The maximum atomic E-state index is 5.97. The first-order valence-electron chi connectivity index (χ1n) is 6.89. The molecule has 1 heterocycles. The van der Waals surface area contributed by atoms with Crippen LogP contribution in [-0.2, 0) is 0 Å². The number of nitrogen functional groups attached to an aromatic ring is 1. The first-order valence-corrected chi connectivity index (χ1v) is 6.89. The third kappa shape index (κ3) is 4.18.